The van der Waals surface area contributed by atoms with E-state index in [1.165, 1.54) is 38.3 Å². The van der Waals surface area contributed by atoms with E-state index >= 15 is 0 Å². The molecule has 3 rings (SSSR count). The number of hydrogen-bond acceptors (Lipinski definition) is 7. The number of fused-ring (bicyclic) bond motifs is 1. The first kappa shape index (κ1) is 19.9. The van der Waals surface area contributed by atoms with Gasteiger partial charge in [-0.15, -0.1) is 0 Å². The van der Waals surface area contributed by atoms with Crippen molar-refractivity contribution in [3.63, 3.8) is 0 Å². The Balaban J connectivity index is 1.75. The number of aryl methyl sites for hydroxylation is 1. The lowest BCUT2D eigenvalue weighted by Gasteiger charge is -2.08. The van der Waals surface area contributed by atoms with Crippen LogP contribution in [0, 0.1) is 6.92 Å². The summed E-state index contributed by atoms with van der Waals surface area (Å²) < 4.78 is 20.6. The molecule has 0 aliphatic heterocycles. The first-order valence-electron chi connectivity index (χ1n) is 8.66. The molecule has 0 radical (unpaired) electrons. The number of benzene rings is 2. The molecule has 7 heteroatoms. The van der Waals surface area contributed by atoms with Gasteiger partial charge in [-0.05, 0) is 48.4 Å². The zero-order valence-electron chi connectivity index (χ0n) is 16.1. The minimum Gasteiger partial charge on any atom is -0.493 e. The fraction of sp³-hybridized carbons (Fsp3) is 0.136. The monoisotopic (exact) mass is 394 g/mol. The van der Waals surface area contributed by atoms with Crippen LogP contribution in [-0.4, -0.2) is 19.0 Å². The Morgan fingerprint density at radius 2 is 1.79 bits per heavy atom. The Kier molecular flexibility index (Phi) is 5.78. The summed E-state index contributed by atoms with van der Waals surface area (Å²) in [7, 11) is 1.45. The second kappa shape index (κ2) is 8.43. The topological polar surface area (TPSA) is 92.0 Å². The second-order valence-electron chi connectivity index (χ2n) is 6.16. The van der Waals surface area contributed by atoms with Gasteiger partial charge in [0.25, 0.3) is 0 Å². The summed E-state index contributed by atoms with van der Waals surface area (Å²) in [4.78, 5) is 34.7. The molecule has 0 aliphatic carbocycles. The summed E-state index contributed by atoms with van der Waals surface area (Å²) in [5, 5.41) is 0.764. The van der Waals surface area contributed by atoms with Gasteiger partial charge in [0.1, 0.15) is 11.3 Å². The lowest BCUT2D eigenvalue weighted by Crippen LogP contribution is -2.04. The predicted molar refractivity (Wildman–Crippen MR) is 106 cm³/mol. The van der Waals surface area contributed by atoms with Crippen LogP contribution in [0.15, 0.2) is 57.8 Å². The summed E-state index contributed by atoms with van der Waals surface area (Å²) in [6.07, 6.45) is 2.78. The summed E-state index contributed by atoms with van der Waals surface area (Å²) >= 11 is 0. The molecule has 2 aromatic carbocycles. The van der Waals surface area contributed by atoms with Gasteiger partial charge in [-0.1, -0.05) is 6.07 Å². The molecule has 148 valence electrons. The van der Waals surface area contributed by atoms with Crippen LogP contribution in [0.5, 0.6) is 17.2 Å². The Hall–Kier alpha value is -3.87. The molecule has 0 atom stereocenters. The maximum absolute atomic E-state index is 12.1. The molecule has 0 amide bonds. The lowest BCUT2D eigenvalue weighted by atomic mass is 10.1. The van der Waals surface area contributed by atoms with Gasteiger partial charge in [-0.25, -0.2) is 9.59 Å². The molecular formula is C22H18O7. The van der Waals surface area contributed by atoms with Crippen molar-refractivity contribution in [2.75, 3.05) is 7.11 Å². The van der Waals surface area contributed by atoms with Crippen molar-refractivity contribution < 1.29 is 28.2 Å². The first-order chi connectivity index (χ1) is 13.9. The zero-order chi connectivity index (χ0) is 21.0. The van der Waals surface area contributed by atoms with E-state index in [1.54, 1.807) is 37.3 Å². The molecule has 0 N–H and O–H groups in total. The number of ether oxygens (including phenoxy) is 3. The van der Waals surface area contributed by atoms with E-state index in [0.717, 1.165) is 10.9 Å². The van der Waals surface area contributed by atoms with Crippen molar-refractivity contribution >= 4 is 29.0 Å². The standard InChI is InChI=1S/C22H18O7/c1-13-10-22(25)29-19-12-16(6-7-17(13)19)28-21(24)9-5-15-4-8-18(27-14(2)23)20(11-15)26-3/h4-12H,1-3H3/b9-5+. The van der Waals surface area contributed by atoms with Crippen LogP contribution < -0.4 is 19.8 Å². The smallest absolute Gasteiger partial charge is 0.336 e. The van der Waals surface area contributed by atoms with Crippen LogP contribution in [0.3, 0.4) is 0 Å². The third-order valence-electron chi connectivity index (χ3n) is 3.99. The van der Waals surface area contributed by atoms with Crippen molar-refractivity contribution in [2.24, 2.45) is 0 Å². The molecule has 0 unspecified atom stereocenters. The number of esters is 2. The van der Waals surface area contributed by atoms with Crippen LogP contribution in [0.2, 0.25) is 0 Å². The molecule has 3 aromatic rings. The highest BCUT2D eigenvalue weighted by Crippen LogP contribution is 2.29. The van der Waals surface area contributed by atoms with E-state index in [4.69, 9.17) is 18.6 Å². The van der Waals surface area contributed by atoms with Gasteiger partial charge in [0.05, 0.1) is 7.11 Å². The van der Waals surface area contributed by atoms with E-state index in [0.29, 0.717) is 16.9 Å². The molecule has 0 spiro atoms. The molecule has 0 saturated carbocycles. The van der Waals surface area contributed by atoms with Crippen molar-refractivity contribution in [1.29, 1.82) is 0 Å². The van der Waals surface area contributed by atoms with Gasteiger partial charge >= 0.3 is 17.6 Å². The number of carbonyl (C=O) groups excluding carboxylic acids is 2. The third-order valence-corrected chi connectivity index (χ3v) is 3.99. The van der Waals surface area contributed by atoms with Gasteiger partial charge in [-0.2, -0.15) is 0 Å². The predicted octanol–water partition coefficient (Wildman–Crippen LogP) is 3.65. The van der Waals surface area contributed by atoms with Crippen molar-refractivity contribution in [3.8, 4) is 17.2 Å². The van der Waals surface area contributed by atoms with Crippen molar-refractivity contribution in [2.45, 2.75) is 13.8 Å². The Morgan fingerprint density at radius 1 is 1.00 bits per heavy atom. The maximum atomic E-state index is 12.1. The SMILES string of the molecule is COc1cc(/C=C/C(=O)Oc2ccc3c(C)cc(=O)oc3c2)ccc1OC(C)=O. The van der Waals surface area contributed by atoms with Gasteiger partial charge < -0.3 is 18.6 Å². The van der Waals surface area contributed by atoms with E-state index in [2.05, 4.69) is 0 Å². The molecule has 1 heterocycles. The van der Waals surface area contributed by atoms with Crippen molar-refractivity contribution in [1.82, 2.24) is 0 Å². The minimum absolute atomic E-state index is 0.253. The van der Waals surface area contributed by atoms with E-state index in [-0.39, 0.29) is 11.5 Å². The normalized spacial score (nSPS) is 10.9. The molecule has 0 fully saturated rings. The average molecular weight is 394 g/mol. The number of rotatable bonds is 5. The fourth-order valence-electron chi connectivity index (χ4n) is 2.71. The molecule has 0 bridgehead atoms. The molecule has 0 saturated heterocycles. The quantitative estimate of drug-likeness (QED) is 0.282. The van der Waals surface area contributed by atoms with Crippen LogP contribution >= 0.6 is 0 Å². The zero-order valence-corrected chi connectivity index (χ0v) is 16.1. The average Bonchev–Trinajstić information content (AvgIpc) is 2.66. The highest BCUT2D eigenvalue weighted by molar-refractivity contribution is 5.90. The lowest BCUT2D eigenvalue weighted by molar-refractivity contribution is -0.132. The number of methoxy groups -OCH3 is 1. The third kappa shape index (κ3) is 4.90. The molecule has 0 aliphatic rings. The van der Waals surface area contributed by atoms with Gasteiger partial charge in [0, 0.05) is 30.5 Å². The van der Waals surface area contributed by atoms with Crippen LogP contribution in [0.4, 0.5) is 0 Å². The largest absolute Gasteiger partial charge is 0.493 e. The fourth-order valence-corrected chi connectivity index (χ4v) is 2.71. The minimum atomic E-state index is -0.609. The van der Waals surface area contributed by atoms with Crippen LogP contribution in [0.25, 0.3) is 17.0 Å². The summed E-state index contributed by atoms with van der Waals surface area (Å²) in [5.74, 6) is -0.175. The second-order valence-corrected chi connectivity index (χ2v) is 6.16. The van der Waals surface area contributed by atoms with E-state index in [1.807, 2.05) is 0 Å². The van der Waals surface area contributed by atoms with Crippen LogP contribution in [-0.2, 0) is 9.59 Å². The Labute approximate surface area is 166 Å². The summed E-state index contributed by atoms with van der Waals surface area (Å²) in [5.41, 5.74) is 1.30. The van der Waals surface area contributed by atoms with Crippen LogP contribution in [0.1, 0.15) is 18.1 Å². The number of hydrogen-bond donors (Lipinski definition) is 0. The van der Waals surface area contributed by atoms with Gasteiger partial charge in [-0.3, -0.25) is 4.79 Å². The van der Waals surface area contributed by atoms with Gasteiger partial charge in [0.15, 0.2) is 11.5 Å². The highest BCUT2D eigenvalue weighted by Gasteiger charge is 2.09. The highest BCUT2D eigenvalue weighted by atomic mass is 16.6. The molecule has 29 heavy (non-hydrogen) atoms. The molecule has 1 aromatic heterocycles. The number of carbonyl (C=O) groups is 2. The Morgan fingerprint density at radius 3 is 2.52 bits per heavy atom. The summed E-state index contributed by atoms with van der Waals surface area (Å²) in [6.45, 7) is 3.09. The van der Waals surface area contributed by atoms with E-state index < -0.39 is 17.6 Å². The molecule has 7 nitrogen and oxygen atoms in total. The van der Waals surface area contributed by atoms with Crippen molar-refractivity contribution in [3.05, 3.63) is 70.1 Å². The first-order valence-corrected chi connectivity index (χ1v) is 8.66. The molecular weight excluding hydrogens is 376 g/mol. The Bertz CT molecular complexity index is 1170. The van der Waals surface area contributed by atoms with E-state index in [9.17, 15) is 14.4 Å². The van der Waals surface area contributed by atoms with Gasteiger partial charge in [0.2, 0.25) is 0 Å². The maximum Gasteiger partial charge on any atom is 0.336 e. The summed E-state index contributed by atoms with van der Waals surface area (Å²) in [6, 6.07) is 11.1.